The number of benzene rings is 1. The van der Waals surface area contributed by atoms with E-state index in [-0.39, 0.29) is 6.61 Å². The molecule has 0 atom stereocenters. The summed E-state index contributed by atoms with van der Waals surface area (Å²) in [6, 6.07) is 9.92. The Kier molecular flexibility index (Phi) is 3.50. The maximum absolute atomic E-state index is 9.54. The monoisotopic (exact) mass is 291 g/mol. The van der Waals surface area contributed by atoms with Gasteiger partial charge in [-0.3, -0.25) is 4.31 Å². The van der Waals surface area contributed by atoms with Crippen LogP contribution >= 0.6 is 23.3 Å². The summed E-state index contributed by atoms with van der Waals surface area (Å²) in [6.45, 7) is 0.0221. The number of nitrogens with zero attached hydrogens (tertiary/aromatic N) is 1. The van der Waals surface area contributed by atoms with E-state index in [9.17, 15) is 5.11 Å². The molecule has 5 heteroatoms. The molecule has 0 spiro atoms. The Morgan fingerprint density at radius 3 is 2.68 bits per heavy atom. The molecule has 98 valence electrons. The summed E-state index contributed by atoms with van der Waals surface area (Å²) < 4.78 is 8.46. The van der Waals surface area contributed by atoms with Gasteiger partial charge in [0.05, 0.1) is 29.3 Å². The number of aliphatic hydroxyl groups excluding tert-OH is 1. The van der Waals surface area contributed by atoms with Gasteiger partial charge in [0.2, 0.25) is 0 Å². The molecule has 1 aromatic heterocycles. The number of fused-ring (bicyclic) bond motifs is 1. The molecule has 0 saturated heterocycles. The van der Waals surface area contributed by atoms with Crippen LogP contribution < -0.4 is 9.04 Å². The molecule has 1 aliphatic heterocycles. The second kappa shape index (κ2) is 5.28. The average molecular weight is 291 g/mol. The lowest BCUT2D eigenvalue weighted by Crippen LogP contribution is -2.18. The van der Waals surface area contributed by atoms with E-state index in [4.69, 9.17) is 4.74 Å². The lowest BCUT2D eigenvalue weighted by molar-refractivity contribution is 0.331. The van der Waals surface area contributed by atoms with Crippen LogP contribution in [0.15, 0.2) is 45.6 Å². The Morgan fingerprint density at radius 1 is 1.21 bits per heavy atom. The summed E-state index contributed by atoms with van der Waals surface area (Å²) in [5.74, 6) is 0.831. The van der Waals surface area contributed by atoms with E-state index < -0.39 is 0 Å². The third-order valence-electron chi connectivity index (χ3n) is 2.88. The highest BCUT2D eigenvalue weighted by Crippen LogP contribution is 2.42. The van der Waals surface area contributed by atoms with Crippen molar-refractivity contribution in [2.24, 2.45) is 0 Å². The minimum absolute atomic E-state index is 0.0221. The molecule has 0 saturated carbocycles. The fourth-order valence-electron chi connectivity index (χ4n) is 1.91. The molecular weight excluding hydrogens is 278 g/mol. The summed E-state index contributed by atoms with van der Waals surface area (Å²) >= 11 is 3.36. The Bertz CT molecular complexity index is 604. The van der Waals surface area contributed by atoms with Gasteiger partial charge in [-0.25, -0.2) is 0 Å². The Labute approximate surface area is 120 Å². The number of ether oxygens (including phenoxy) is 1. The highest BCUT2D eigenvalue weighted by atomic mass is 32.2. The van der Waals surface area contributed by atoms with Gasteiger partial charge in [0, 0.05) is 17.5 Å². The van der Waals surface area contributed by atoms with E-state index in [2.05, 4.69) is 15.8 Å². The van der Waals surface area contributed by atoms with E-state index in [0.29, 0.717) is 0 Å². The summed E-state index contributed by atoms with van der Waals surface area (Å²) in [6.07, 6.45) is 2.03. The van der Waals surface area contributed by atoms with Crippen LogP contribution in [0.2, 0.25) is 0 Å². The molecule has 0 fully saturated rings. The van der Waals surface area contributed by atoms with E-state index in [0.717, 1.165) is 17.1 Å². The highest BCUT2D eigenvalue weighted by molar-refractivity contribution is 8.02. The van der Waals surface area contributed by atoms with Crippen LogP contribution in [0.3, 0.4) is 0 Å². The molecule has 3 nitrogen and oxygen atoms in total. The predicted molar refractivity (Wildman–Crippen MR) is 80.7 cm³/mol. The lowest BCUT2D eigenvalue weighted by Gasteiger charge is -2.28. The van der Waals surface area contributed by atoms with Gasteiger partial charge in [-0.15, -0.1) is 11.3 Å². The van der Waals surface area contributed by atoms with Crippen molar-refractivity contribution in [1.82, 2.24) is 0 Å². The fraction of sp³-hybridized carbons (Fsp3) is 0.143. The van der Waals surface area contributed by atoms with Gasteiger partial charge in [-0.2, -0.15) is 0 Å². The number of anilines is 1. The van der Waals surface area contributed by atoms with Crippen molar-refractivity contribution in [2.45, 2.75) is 4.21 Å². The molecule has 1 aromatic carbocycles. The molecule has 1 N–H and O–H groups in total. The lowest BCUT2D eigenvalue weighted by atomic mass is 10.2. The predicted octanol–water partition coefficient (Wildman–Crippen LogP) is 3.62. The van der Waals surface area contributed by atoms with Gasteiger partial charge >= 0.3 is 0 Å². The smallest absolute Gasteiger partial charge is 0.119 e. The normalized spacial score (nSPS) is 14.0. The van der Waals surface area contributed by atoms with Gasteiger partial charge in [0.25, 0.3) is 0 Å². The minimum Gasteiger partial charge on any atom is -0.497 e. The summed E-state index contributed by atoms with van der Waals surface area (Å²) in [5.41, 5.74) is 3.11. The molecule has 2 aromatic rings. The molecule has 0 bridgehead atoms. The fourth-order valence-corrected chi connectivity index (χ4v) is 3.93. The van der Waals surface area contributed by atoms with Crippen molar-refractivity contribution in [2.75, 3.05) is 18.0 Å². The second-order valence-corrected chi connectivity index (χ2v) is 6.17. The Morgan fingerprint density at radius 2 is 2.00 bits per heavy atom. The minimum atomic E-state index is 0.0221. The summed E-state index contributed by atoms with van der Waals surface area (Å²) in [4.78, 5) is 0. The third kappa shape index (κ3) is 2.36. The molecule has 2 heterocycles. The number of hydrogen-bond donors (Lipinski definition) is 1. The van der Waals surface area contributed by atoms with Crippen LogP contribution in [-0.4, -0.2) is 18.8 Å². The van der Waals surface area contributed by atoms with E-state index in [1.54, 1.807) is 30.4 Å². The van der Waals surface area contributed by atoms with Gasteiger partial charge in [0.15, 0.2) is 0 Å². The summed E-state index contributed by atoms with van der Waals surface area (Å²) in [5, 5.41) is 11.6. The zero-order valence-electron chi connectivity index (χ0n) is 10.4. The van der Waals surface area contributed by atoms with Crippen molar-refractivity contribution >= 4 is 35.0 Å². The molecule has 0 amide bonds. The molecular formula is C14H13NO2S2. The third-order valence-corrected chi connectivity index (χ3v) is 5.15. The largest absolute Gasteiger partial charge is 0.497 e. The SMILES string of the molecule is COc1ccc(N2Sc3sccc3C=C2CO)cc1. The van der Waals surface area contributed by atoms with Crippen molar-refractivity contribution in [3.8, 4) is 5.75 Å². The van der Waals surface area contributed by atoms with Crippen LogP contribution in [-0.2, 0) is 0 Å². The second-order valence-electron chi connectivity index (χ2n) is 4.04. The first kappa shape index (κ1) is 12.6. The first-order chi connectivity index (χ1) is 9.31. The number of thiophene rings is 1. The molecule has 1 aliphatic rings. The maximum atomic E-state index is 9.54. The zero-order chi connectivity index (χ0) is 13.2. The summed E-state index contributed by atoms with van der Waals surface area (Å²) in [7, 11) is 1.65. The van der Waals surface area contributed by atoms with Crippen LogP contribution in [0.25, 0.3) is 6.08 Å². The molecule has 0 radical (unpaired) electrons. The first-order valence-electron chi connectivity index (χ1n) is 5.83. The molecule has 19 heavy (non-hydrogen) atoms. The molecule has 0 aliphatic carbocycles. The number of methoxy groups -OCH3 is 1. The van der Waals surface area contributed by atoms with Crippen molar-refractivity contribution < 1.29 is 9.84 Å². The van der Waals surface area contributed by atoms with Crippen LogP contribution in [0.5, 0.6) is 5.75 Å². The average Bonchev–Trinajstić information content (AvgIpc) is 2.93. The molecule has 0 unspecified atom stereocenters. The quantitative estimate of drug-likeness (QED) is 0.876. The Balaban J connectivity index is 1.95. The van der Waals surface area contributed by atoms with Crippen molar-refractivity contribution in [3.63, 3.8) is 0 Å². The number of rotatable bonds is 3. The van der Waals surface area contributed by atoms with Crippen molar-refractivity contribution in [1.29, 1.82) is 0 Å². The standard InChI is InChI=1S/C14H13NO2S2/c1-17-13-4-2-11(3-5-13)15-12(9-16)8-10-6-7-18-14(10)19-15/h2-8,16H,9H2,1H3. The van der Waals surface area contributed by atoms with Gasteiger partial charge in [-0.05, 0) is 41.8 Å². The van der Waals surface area contributed by atoms with E-state index >= 15 is 0 Å². The van der Waals surface area contributed by atoms with E-state index in [1.807, 2.05) is 30.3 Å². The van der Waals surface area contributed by atoms with E-state index in [1.165, 1.54) is 9.77 Å². The highest BCUT2D eigenvalue weighted by Gasteiger charge is 2.21. The maximum Gasteiger partial charge on any atom is 0.119 e. The number of aliphatic hydroxyl groups is 1. The zero-order valence-corrected chi connectivity index (χ0v) is 12.0. The van der Waals surface area contributed by atoms with Crippen LogP contribution in [0, 0.1) is 0 Å². The first-order valence-corrected chi connectivity index (χ1v) is 7.48. The molecule has 3 rings (SSSR count). The van der Waals surface area contributed by atoms with Crippen molar-refractivity contribution in [3.05, 3.63) is 47.0 Å². The van der Waals surface area contributed by atoms with Crippen LogP contribution in [0.1, 0.15) is 5.56 Å². The topological polar surface area (TPSA) is 32.7 Å². The van der Waals surface area contributed by atoms with Crippen LogP contribution in [0.4, 0.5) is 5.69 Å². The van der Waals surface area contributed by atoms with Gasteiger partial charge < -0.3 is 9.84 Å². The van der Waals surface area contributed by atoms with Gasteiger partial charge in [0.1, 0.15) is 5.75 Å². The number of hydrogen-bond acceptors (Lipinski definition) is 5. The Hall–Kier alpha value is -1.43. The van der Waals surface area contributed by atoms with Gasteiger partial charge in [-0.1, -0.05) is 0 Å².